The molecule has 8 heteroatoms. The Balaban J connectivity index is 1.83. The fourth-order valence-electron chi connectivity index (χ4n) is 3.56. The van der Waals surface area contributed by atoms with E-state index in [9.17, 15) is 14.0 Å². The highest BCUT2D eigenvalue weighted by atomic mass is 79.9. The highest BCUT2D eigenvalue weighted by Crippen LogP contribution is 2.42. The molecule has 144 valence electrons. The first kappa shape index (κ1) is 18.2. The molecule has 1 atom stereocenters. The van der Waals surface area contributed by atoms with E-state index in [1.54, 1.807) is 30.3 Å². The van der Waals surface area contributed by atoms with Gasteiger partial charge >= 0.3 is 0 Å². The molecule has 1 aliphatic heterocycles. The van der Waals surface area contributed by atoms with Gasteiger partial charge in [-0.2, -0.15) is 0 Å². The summed E-state index contributed by atoms with van der Waals surface area (Å²) in [5, 5.41) is 2.66. The van der Waals surface area contributed by atoms with Gasteiger partial charge in [-0.15, -0.1) is 11.3 Å². The van der Waals surface area contributed by atoms with Crippen LogP contribution < -0.4 is 10.3 Å². The Hall–Kier alpha value is -2.84. The van der Waals surface area contributed by atoms with Gasteiger partial charge in [-0.1, -0.05) is 28.1 Å². The van der Waals surface area contributed by atoms with Crippen molar-refractivity contribution >= 4 is 49.3 Å². The number of rotatable bonds is 2. The van der Waals surface area contributed by atoms with Crippen LogP contribution in [0.1, 0.15) is 33.4 Å². The minimum Gasteiger partial charge on any atom is -0.450 e. The number of fused-ring (bicyclic) bond motifs is 2. The van der Waals surface area contributed by atoms with Crippen molar-refractivity contribution < 1.29 is 13.6 Å². The molecule has 0 spiro atoms. The van der Waals surface area contributed by atoms with E-state index < -0.39 is 17.8 Å². The van der Waals surface area contributed by atoms with Crippen molar-refractivity contribution in [1.82, 2.24) is 4.98 Å². The summed E-state index contributed by atoms with van der Waals surface area (Å²) in [7, 11) is 0. The number of aryl methyl sites for hydroxylation is 1. The average Bonchev–Trinajstić information content (AvgIpc) is 3.25. The predicted molar refractivity (Wildman–Crippen MR) is 112 cm³/mol. The summed E-state index contributed by atoms with van der Waals surface area (Å²) in [5.41, 5.74) is 1.65. The van der Waals surface area contributed by atoms with E-state index in [2.05, 4.69) is 20.9 Å². The van der Waals surface area contributed by atoms with E-state index in [-0.39, 0.29) is 16.8 Å². The second-order valence-corrected chi connectivity index (χ2v) is 8.47. The largest absolute Gasteiger partial charge is 0.450 e. The topological polar surface area (TPSA) is 63.4 Å². The summed E-state index contributed by atoms with van der Waals surface area (Å²) in [6, 6.07) is 10.1. The van der Waals surface area contributed by atoms with Crippen LogP contribution in [0.15, 0.2) is 61.5 Å². The van der Waals surface area contributed by atoms with Gasteiger partial charge < -0.3 is 4.42 Å². The van der Waals surface area contributed by atoms with Crippen LogP contribution in [0.5, 0.6) is 0 Å². The van der Waals surface area contributed by atoms with E-state index in [4.69, 9.17) is 4.42 Å². The number of anilines is 1. The van der Waals surface area contributed by atoms with Crippen molar-refractivity contribution in [2.45, 2.75) is 13.0 Å². The fourth-order valence-corrected chi connectivity index (χ4v) is 4.74. The third kappa shape index (κ3) is 2.82. The van der Waals surface area contributed by atoms with Gasteiger partial charge in [0.1, 0.15) is 11.4 Å². The summed E-state index contributed by atoms with van der Waals surface area (Å²) in [6.07, 6.45) is 0. The molecule has 0 radical (unpaired) electrons. The van der Waals surface area contributed by atoms with E-state index in [0.717, 1.165) is 10.2 Å². The summed E-state index contributed by atoms with van der Waals surface area (Å²) >= 11 is 4.67. The highest BCUT2D eigenvalue weighted by molar-refractivity contribution is 9.10. The fraction of sp³-hybridized carbons (Fsp3) is 0.0952. The molecule has 1 unspecified atom stereocenters. The number of halogens is 2. The van der Waals surface area contributed by atoms with Crippen LogP contribution in [-0.2, 0) is 0 Å². The number of hydrogen-bond donors (Lipinski definition) is 0. The molecule has 0 saturated carbocycles. The first-order chi connectivity index (χ1) is 13.9. The monoisotopic (exact) mass is 470 g/mol. The molecule has 0 fully saturated rings. The third-order valence-corrected chi connectivity index (χ3v) is 6.28. The predicted octanol–water partition coefficient (Wildman–Crippen LogP) is 5.21. The van der Waals surface area contributed by atoms with Crippen LogP contribution in [0.25, 0.3) is 11.0 Å². The van der Waals surface area contributed by atoms with Gasteiger partial charge in [0.15, 0.2) is 10.6 Å². The first-order valence-corrected chi connectivity index (χ1v) is 10.4. The zero-order valence-electron chi connectivity index (χ0n) is 15.0. The molecule has 1 amide bonds. The van der Waals surface area contributed by atoms with Gasteiger partial charge in [-0.3, -0.25) is 14.5 Å². The standard InChI is InChI=1S/C21H12BrFN2O3S/c1-10-9-29-21(24-10)25-17(11-2-5-13(23)6-3-11)16-18(26)14-8-12(22)4-7-15(14)28-19(16)20(25)27/h2-9,17H,1H3. The molecule has 2 aromatic heterocycles. The lowest BCUT2D eigenvalue weighted by atomic mass is 9.99. The van der Waals surface area contributed by atoms with E-state index in [1.807, 2.05) is 12.3 Å². The zero-order valence-corrected chi connectivity index (χ0v) is 17.4. The molecule has 0 N–H and O–H groups in total. The summed E-state index contributed by atoms with van der Waals surface area (Å²) < 4.78 is 20.1. The molecule has 3 heterocycles. The minimum atomic E-state index is -0.747. The molecule has 1 aliphatic rings. The second kappa shape index (κ2) is 6.60. The van der Waals surface area contributed by atoms with Gasteiger partial charge in [0, 0.05) is 9.85 Å². The maximum atomic E-state index is 13.5. The molecule has 0 saturated heterocycles. The van der Waals surface area contributed by atoms with Crippen LogP contribution in [0.2, 0.25) is 0 Å². The van der Waals surface area contributed by atoms with Crippen molar-refractivity contribution in [2.24, 2.45) is 0 Å². The minimum absolute atomic E-state index is 0.00741. The maximum absolute atomic E-state index is 13.5. The van der Waals surface area contributed by atoms with Crippen molar-refractivity contribution in [3.05, 3.63) is 90.9 Å². The Kier molecular flexibility index (Phi) is 4.15. The first-order valence-electron chi connectivity index (χ1n) is 8.71. The summed E-state index contributed by atoms with van der Waals surface area (Å²) in [4.78, 5) is 32.6. The highest BCUT2D eigenvalue weighted by Gasteiger charge is 2.44. The number of benzene rings is 2. The molecule has 0 bridgehead atoms. The van der Waals surface area contributed by atoms with E-state index in [0.29, 0.717) is 21.7 Å². The lowest BCUT2D eigenvalue weighted by molar-refractivity contribution is 0.0971. The number of thiazole rings is 1. The Morgan fingerprint density at radius 1 is 1.17 bits per heavy atom. The lowest BCUT2D eigenvalue weighted by Crippen LogP contribution is -2.29. The Bertz CT molecular complexity index is 1350. The quantitative estimate of drug-likeness (QED) is 0.403. The molecule has 0 aliphatic carbocycles. The Morgan fingerprint density at radius 3 is 2.62 bits per heavy atom. The molecule has 2 aromatic carbocycles. The van der Waals surface area contributed by atoms with Crippen LogP contribution in [-0.4, -0.2) is 10.9 Å². The van der Waals surface area contributed by atoms with Crippen LogP contribution in [0, 0.1) is 12.7 Å². The van der Waals surface area contributed by atoms with Gasteiger partial charge in [0.2, 0.25) is 5.76 Å². The van der Waals surface area contributed by atoms with Gasteiger partial charge in [0.25, 0.3) is 5.91 Å². The number of hydrogen-bond acceptors (Lipinski definition) is 5. The summed E-state index contributed by atoms with van der Waals surface area (Å²) in [6.45, 7) is 1.83. The SMILES string of the molecule is Cc1csc(N2C(=O)c3oc4ccc(Br)cc4c(=O)c3C2c2ccc(F)cc2)n1. The average molecular weight is 471 g/mol. The Morgan fingerprint density at radius 2 is 1.93 bits per heavy atom. The number of carbonyl (C=O) groups is 1. The molecule has 5 rings (SSSR count). The molecular formula is C21H12BrFN2O3S. The third-order valence-electron chi connectivity index (χ3n) is 4.83. The molecule has 29 heavy (non-hydrogen) atoms. The van der Waals surface area contributed by atoms with Crippen molar-refractivity contribution in [3.63, 3.8) is 0 Å². The maximum Gasteiger partial charge on any atom is 0.297 e. The normalized spacial score (nSPS) is 15.9. The molecular weight excluding hydrogens is 459 g/mol. The van der Waals surface area contributed by atoms with Crippen molar-refractivity contribution in [1.29, 1.82) is 0 Å². The number of amides is 1. The second-order valence-electron chi connectivity index (χ2n) is 6.72. The lowest BCUT2D eigenvalue weighted by Gasteiger charge is -2.22. The zero-order chi connectivity index (χ0) is 20.3. The summed E-state index contributed by atoms with van der Waals surface area (Å²) in [5.74, 6) is -0.845. The van der Waals surface area contributed by atoms with E-state index in [1.165, 1.54) is 28.4 Å². The van der Waals surface area contributed by atoms with Crippen molar-refractivity contribution in [3.8, 4) is 0 Å². The molecule has 5 nitrogen and oxygen atoms in total. The van der Waals surface area contributed by atoms with Gasteiger partial charge in [-0.25, -0.2) is 9.37 Å². The van der Waals surface area contributed by atoms with Crippen molar-refractivity contribution in [2.75, 3.05) is 4.90 Å². The number of carbonyl (C=O) groups excluding carboxylic acids is 1. The smallest absolute Gasteiger partial charge is 0.297 e. The number of aromatic nitrogens is 1. The van der Waals surface area contributed by atoms with E-state index >= 15 is 0 Å². The van der Waals surface area contributed by atoms with Gasteiger partial charge in [-0.05, 0) is 42.8 Å². The van der Waals surface area contributed by atoms with Crippen LogP contribution >= 0.6 is 27.3 Å². The van der Waals surface area contributed by atoms with Gasteiger partial charge in [0.05, 0.1) is 22.7 Å². The van der Waals surface area contributed by atoms with Crippen LogP contribution in [0.3, 0.4) is 0 Å². The Labute approximate surface area is 176 Å². The molecule has 4 aromatic rings. The number of nitrogens with zero attached hydrogens (tertiary/aromatic N) is 2. The van der Waals surface area contributed by atoms with Crippen LogP contribution in [0.4, 0.5) is 9.52 Å².